The van der Waals surface area contributed by atoms with Crippen LogP contribution in [-0.4, -0.2) is 9.55 Å². The maximum absolute atomic E-state index is 6.35. The van der Waals surface area contributed by atoms with E-state index >= 15 is 0 Å². The molecule has 1 heterocycles. The van der Waals surface area contributed by atoms with Crippen molar-refractivity contribution in [2.24, 2.45) is 5.73 Å². The lowest BCUT2D eigenvalue weighted by molar-refractivity contribution is 0.628. The van der Waals surface area contributed by atoms with Crippen molar-refractivity contribution in [1.82, 2.24) is 9.55 Å². The van der Waals surface area contributed by atoms with Gasteiger partial charge in [0, 0.05) is 31.4 Å². The van der Waals surface area contributed by atoms with Crippen LogP contribution in [0.5, 0.6) is 0 Å². The number of hydrogen-bond acceptors (Lipinski definition) is 2. The number of aryl methyl sites for hydroxylation is 3. The summed E-state index contributed by atoms with van der Waals surface area (Å²) in [6.07, 6.45) is 8.40. The highest BCUT2D eigenvalue weighted by Crippen LogP contribution is 2.25. The van der Waals surface area contributed by atoms with Gasteiger partial charge >= 0.3 is 0 Å². The van der Waals surface area contributed by atoms with Crippen molar-refractivity contribution in [3.63, 3.8) is 0 Å². The first-order chi connectivity index (χ1) is 9.28. The lowest BCUT2D eigenvalue weighted by atomic mass is 9.99. The summed E-state index contributed by atoms with van der Waals surface area (Å²) < 4.78 is 2.16. The number of nitrogens with two attached hydrogens (primary N) is 1. The normalized spacial score (nSPS) is 15.5. The lowest BCUT2D eigenvalue weighted by Gasteiger charge is -2.14. The van der Waals surface area contributed by atoms with Gasteiger partial charge in [0.15, 0.2) is 0 Å². The molecule has 2 N–H and O–H groups in total. The minimum absolute atomic E-state index is 0.0404. The van der Waals surface area contributed by atoms with Crippen molar-refractivity contribution >= 4 is 0 Å². The Hall–Kier alpha value is -1.61. The zero-order chi connectivity index (χ0) is 13.2. The van der Waals surface area contributed by atoms with E-state index in [-0.39, 0.29) is 6.04 Å². The van der Waals surface area contributed by atoms with Crippen molar-refractivity contribution in [3.8, 4) is 0 Å². The van der Waals surface area contributed by atoms with E-state index in [4.69, 9.17) is 5.73 Å². The second-order valence-corrected chi connectivity index (χ2v) is 5.32. The number of imidazole rings is 1. The number of nitrogens with zero attached hydrogens (tertiary/aromatic N) is 2. The van der Waals surface area contributed by atoms with Crippen LogP contribution < -0.4 is 5.73 Å². The van der Waals surface area contributed by atoms with Gasteiger partial charge in [0.25, 0.3) is 0 Å². The van der Waals surface area contributed by atoms with E-state index in [0.717, 1.165) is 18.8 Å². The molecule has 1 aromatic heterocycles. The summed E-state index contributed by atoms with van der Waals surface area (Å²) in [7, 11) is 0. The van der Waals surface area contributed by atoms with Crippen LogP contribution in [0.15, 0.2) is 30.6 Å². The zero-order valence-corrected chi connectivity index (χ0v) is 11.5. The van der Waals surface area contributed by atoms with E-state index in [0.29, 0.717) is 0 Å². The van der Waals surface area contributed by atoms with Gasteiger partial charge in [-0.3, -0.25) is 0 Å². The van der Waals surface area contributed by atoms with Gasteiger partial charge in [0.05, 0.1) is 0 Å². The first kappa shape index (κ1) is 12.4. The molecule has 1 aromatic carbocycles. The molecular weight excluding hydrogens is 234 g/mol. The Labute approximate surface area is 114 Å². The van der Waals surface area contributed by atoms with E-state index in [1.807, 2.05) is 12.4 Å². The number of rotatable bonds is 4. The summed E-state index contributed by atoms with van der Waals surface area (Å²) in [5, 5.41) is 0. The van der Waals surface area contributed by atoms with E-state index in [1.54, 1.807) is 0 Å². The minimum atomic E-state index is 0.0404. The zero-order valence-electron chi connectivity index (χ0n) is 11.5. The Bertz CT molecular complexity index is 571. The van der Waals surface area contributed by atoms with Gasteiger partial charge < -0.3 is 10.3 Å². The van der Waals surface area contributed by atoms with Crippen LogP contribution in [0.3, 0.4) is 0 Å². The van der Waals surface area contributed by atoms with Crippen LogP contribution >= 0.6 is 0 Å². The maximum atomic E-state index is 6.35. The highest BCUT2D eigenvalue weighted by Gasteiger charge is 2.15. The van der Waals surface area contributed by atoms with Gasteiger partial charge in [-0.05, 0) is 42.9 Å². The molecule has 19 heavy (non-hydrogen) atoms. The third-order valence-corrected chi connectivity index (χ3v) is 4.10. The SMILES string of the molecule is CCn1ccnc1CC(N)c1ccc2c(c1)CCC2. The fraction of sp³-hybridized carbons (Fsp3) is 0.438. The smallest absolute Gasteiger partial charge is 0.110 e. The summed E-state index contributed by atoms with van der Waals surface area (Å²) in [5.74, 6) is 1.08. The van der Waals surface area contributed by atoms with Crippen LogP contribution in [0.2, 0.25) is 0 Å². The molecule has 1 atom stereocenters. The quantitative estimate of drug-likeness (QED) is 0.912. The largest absolute Gasteiger partial charge is 0.335 e. The molecule has 100 valence electrons. The topological polar surface area (TPSA) is 43.8 Å². The first-order valence-corrected chi connectivity index (χ1v) is 7.15. The van der Waals surface area contributed by atoms with E-state index < -0.39 is 0 Å². The second kappa shape index (κ2) is 5.17. The highest BCUT2D eigenvalue weighted by atomic mass is 15.1. The molecular formula is C16H21N3. The molecule has 3 heteroatoms. The average Bonchev–Trinajstić information content (AvgIpc) is 3.05. The van der Waals surface area contributed by atoms with Crippen molar-refractivity contribution in [2.75, 3.05) is 0 Å². The highest BCUT2D eigenvalue weighted by molar-refractivity contribution is 5.36. The summed E-state index contributed by atoms with van der Waals surface area (Å²) in [6.45, 7) is 3.08. The van der Waals surface area contributed by atoms with Gasteiger partial charge in [-0.15, -0.1) is 0 Å². The standard InChI is InChI=1S/C16H21N3/c1-2-19-9-8-18-16(19)11-15(17)14-7-6-12-4-3-5-13(12)10-14/h6-10,15H,2-5,11,17H2,1H3. The van der Waals surface area contributed by atoms with Crippen molar-refractivity contribution < 1.29 is 0 Å². The molecule has 0 bridgehead atoms. The molecule has 1 aliphatic carbocycles. The predicted octanol–water partition coefficient (Wildman–Crippen LogP) is 2.63. The molecule has 1 aliphatic rings. The first-order valence-electron chi connectivity index (χ1n) is 7.15. The Kier molecular flexibility index (Phi) is 3.38. The Morgan fingerprint density at radius 2 is 2.16 bits per heavy atom. The van der Waals surface area contributed by atoms with Crippen molar-refractivity contribution in [1.29, 1.82) is 0 Å². The Balaban J connectivity index is 1.79. The molecule has 0 amide bonds. The number of aromatic nitrogens is 2. The number of hydrogen-bond donors (Lipinski definition) is 1. The van der Waals surface area contributed by atoms with Gasteiger partial charge in [-0.25, -0.2) is 4.98 Å². The van der Waals surface area contributed by atoms with E-state index in [1.165, 1.54) is 36.0 Å². The van der Waals surface area contributed by atoms with Gasteiger partial charge in [-0.1, -0.05) is 18.2 Å². The molecule has 2 aromatic rings. The predicted molar refractivity (Wildman–Crippen MR) is 77.0 cm³/mol. The van der Waals surface area contributed by atoms with Crippen LogP contribution in [0.25, 0.3) is 0 Å². The Morgan fingerprint density at radius 1 is 1.32 bits per heavy atom. The van der Waals surface area contributed by atoms with Gasteiger partial charge in [-0.2, -0.15) is 0 Å². The molecule has 3 nitrogen and oxygen atoms in total. The van der Waals surface area contributed by atoms with Crippen LogP contribution in [0.4, 0.5) is 0 Å². The van der Waals surface area contributed by atoms with Crippen LogP contribution in [-0.2, 0) is 25.8 Å². The number of benzene rings is 1. The summed E-state index contributed by atoms with van der Waals surface area (Å²) >= 11 is 0. The fourth-order valence-electron chi connectivity index (χ4n) is 2.95. The van der Waals surface area contributed by atoms with Gasteiger partial charge in [0.2, 0.25) is 0 Å². The van der Waals surface area contributed by atoms with Crippen molar-refractivity contribution in [3.05, 3.63) is 53.1 Å². The third-order valence-electron chi connectivity index (χ3n) is 4.10. The molecule has 0 radical (unpaired) electrons. The van der Waals surface area contributed by atoms with Crippen molar-refractivity contribution in [2.45, 2.75) is 45.2 Å². The monoisotopic (exact) mass is 255 g/mol. The van der Waals surface area contributed by atoms with Gasteiger partial charge in [0.1, 0.15) is 5.82 Å². The molecule has 0 saturated carbocycles. The van der Waals surface area contributed by atoms with E-state index in [9.17, 15) is 0 Å². The average molecular weight is 255 g/mol. The molecule has 0 spiro atoms. The summed E-state index contributed by atoms with van der Waals surface area (Å²) in [6, 6.07) is 6.78. The summed E-state index contributed by atoms with van der Waals surface area (Å²) in [4.78, 5) is 4.41. The van der Waals surface area contributed by atoms with Crippen LogP contribution in [0, 0.1) is 0 Å². The second-order valence-electron chi connectivity index (χ2n) is 5.32. The fourth-order valence-corrected chi connectivity index (χ4v) is 2.95. The molecule has 3 rings (SSSR count). The van der Waals surface area contributed by atoms with Crippen LogP contribution in [0.1, 0.15) is 41.9 Å². The Morgan fingerprint density at radius 3 is 3.00 bits per heavy atom. The minimum Gasteiger partial charge on any atom is -0.335 e. The van der Waals surface area contributed by atoms with E-state index in [2.05, 4.69) is 34.7 Å². The summed E-state index contributed by atoms with van der Waals surface area (Å²) in [5.41, 5.74) is 10.6. The lowest BCUT2D eigenvalue weighted by Crippen LogP contribution is -2.16. The number of fused-ring (bicyclic) bond motifs is 1. The molecule has 0 fully saturated rings. The third kappa shape index (κ3) is 2.43. The molecule has 0 aliphatic heterocycles. The molecule has 1 unspecified atom stereocenters. The maximum Gasteiger partial charge on any atom is 0.110 e. The molecule has 0 saturated heterocycles.